The van der Waals surface area contributed by atoms with Gasteiger partial charge >= 0.3 is 0 Å². The largest absolute Gasteiger partial charge is 0.454 e. The molecule has 2 heterocycles. The number of nitrogens with one attached hydrogen (secondary N) is 1. The maximum absolute atomic E-state index is 12.8. The van der Waals surface area contributed by atoms with Gasteiger partial charge in [0.1, 0.15) is 5.92 Å². The number of sulfonamides is 1. The van der Waals surface area contributed by atoms with Crippen LogP contribution in [0.5, 0.6) is 11.5 Å². The van der Waals surface area contributed by atoms with Gasteiger partial charge in [0.05, 0.1) is 4.90 Å². The Bertz CT molecular complexity index is 1020. The van der Waals surface area contributed by atoms with E-state index in [0.717, 1.165) is 7.05 Å². The fraction of sp³-hybridized carbons (Fsp3) is 0.176. The summed E-state index contributed by atoms with van der Waals surface area (Å²) in [7, 11) is -2.93. The van der Waals surface area contributed by atoms with Crippen molar-refractivity contribution in [2.45, 2.75) is 10.8 Å². The van der Waals surface area contributed by atoms with E-state index in [2.05, 4.69) is 5.32 Å². The van der Waals surface area contributed by atoms with Crippen molar-refractivity contribution < 1.29 is 27.5 Å². The Kier molecular flexibility index (Phi) is 3.62. The fourth-order valence-corrected chi connectivity index (χ4v) is 4.33. The van der Waals surface area contributed by atoms with Gasteiger partial charge in [0.25, 0.3) is 15.9 Å². The van der Waals surface area contributed by atoms with E-state index in [4.69, 9.17) is 9.47 Å². The molecule has 26 heavy (non-hydrogen) atoms. The molecule has 9 heteroatoms. The second-order valence-corrected chi connectivity index (χ2v) is 7.78. The molecule has 8 nitrogen and oxygen atoms in total. The number of hydrogen-bond donors (Lipinski definition) is 1. The average Bonchev–Trinajstić information content (AvgIpc) is 3.07. The molecule has 0 aromatic heterocycles. The molecule has 0 spiro atoms. The normalized spacial score (nSPS) is 19.8. The van der Waals surface area contributed by atoms with Gasteiger partial charge in [-0.05, 0) is 23.8 Å². The standard InChI is InChI=1S/C17H14N2O6S/c1-19-17(21)15(16(20)18-10-5-3-2-4-6-10)11-7-12-13(25-9-24-12)8-14(11)26(19,22)23/h2-8,15H,9H2,1H3,(H,18,20). The maximum Gasteiger partial charge on any atom is 0.266 e. The van der Waals surface area contributed by atoms with Crippen molar-refractivity contribution in [1.29, 1.82) is 0 Å². The van der Waals surface area contributed by atoms with Gasteiger partial charge in [0, 0.05) is 18.8 Å². The maximum atomic E-state index is 12.8. The van der Waals surface area contributed by atoms with Crippen LogP contribution in [0.4, 0.5) is 5.69 Å². The van der Waals surface area contributed by atoms with Gasteiger partial charge in [-0.25, -0.2) is 12.7 Å². The van der Waals surface area contributed by atoms with Crippen molar-refractivity contribution in [3.05, 3.63) is 48.0 Å². The molecule has 0 fully saturated rings. The first-order chi connectivity index (χ1) is 12.4. The van der Waals surface area contributed by atoms with Crippen molar-refractivity contribution in [1.82, 2.24) is 4.31 Å². The number of anilines is 1. The van der Waals surface area contributed by atoms with E-state index < -0.39 is 27.8 Å². The van der Waals surface area contributed by atoms with Crippen LogP contribution in [0.25, 0.3) is 0 Å². The predicted octanol–water partition coefficient (Wildman–Crippen LogP) is 1.30. The Labute approximate surface area is 149 Å². The number of carbonyl (C=O) groups excluding carboxylic acids is 2. The molecule has 2 aliphatic rings. The van der Waals surface area contributed by atoms with Crippen LogP contribution in [0.1, 0.15) is 11.5 Å². The molecule has 0 saturated heterocycles. The number of hydrogen-bond acceptors (Lipinski definition) is 6. The molecule has 0 saturated carbocycles. The zero-order valence-corrected chi connectivity index (χ0v) is 14.4. The van der Waals surface area contributed by atoms with E-state index in [-0.39, 0.29) is 23.0 Å². The van der Waals surface area contributed by atoms with Crippen LogP contribution in [-0.2, 0) is 19.6 Å². The van der Waals surface area contributed by atoms with E-state index in [9.17, 15) is 18.0 Å². The molecule has 2 amide bonds. The minimum Gasteiger partial charge on any atom is -0.454 e. The third-order valence-corrected chi connectivity index (χ3v) is 6.13. The summed E-state index contributed by atoms with van der Waals surface area (Å²) in [5, 5.41) is 2.65. The molecular formula is C17H14N2O6S. The average molecular weight is 374 g/mol. The smallest absolute Gasteiger partial charge is 0.266 e. The van der Waals surface area contributed by atoms with Crippen molar-refractivity contribution >= 4 is 27.5 Å². The van der Waals surface area contributed by atoms with Gasteiger partial charge in [-0.2, -0.15) is 0 Å². The lowest BCUT2D eigenvalue weighted by atomic mass is 9.96. The molecule has 2 aromatic rings. The summed E-state index contributed by atoms with van der Waals surface area (Å²) < 4.78 is 36.3. The molecular weight excluding hydrogens is 360 g/mol. The zero-order chi connectivity index (χ0) is 18.5. The number of amides is 2. The van der Waals surface area contributed by atoms with Crippen molar-refractivity contribution in [2.24, 2.45) is 0 Å². The number of carbonyl (C=O) groups is 2. The third-order valence-electron chi connectivity index (χ3n) is 4.32. The fourth-order valence-electron chi connectivity index (χ4n) is 2.96. The first kappa shape index (κ1) is 16.4. The second kappa shape index (κ2) is 5.73. The summed E-state index contributed by atoms with van der Waals surface area (Å²) in [6.45, 7) is -0.0526. The van der Waals surface area contributed by atoms with Crippen LogP contribution < -0.4 is 14.8 Å². The van der Waals surface area contributed by atoms with E-state index in [1.54, 1.807) is 30.3 Å². The number of nitrogens with zero attached hydrogens (tertiary/aromatic N) is 1. The molecule has 1 atom stereocenters. The van der Waals surface area contributed by atoms with Gasteiger partial charge < -0.3 is 14.8 Å². The van der Waals surface area contributed by atoms with Gasteiger partial charge in [0.15, 0.2) is 11.5 Å². The SMILES string of the molecule is CN1C(=O)C(C(=O)Nc2ccccc2)c2cc3c(cc2S1(=O)=O)OCO3. The second-order valence-electron chi connectivity index (χ2n) is 5.84. The van der Waals surface area contributed by atoms with Crippen LogP contribution in [0.2, 0.25) is 0 Å². The number of benzene rings is 2. The number of ether oxygens (including phenoxy) is 2. The van der Waals surface area contributed by atoms with E-state index in [0.29, 0.717) is 15.7 Å². The van der Waals surface area contributed by atoms with E-state index in [1.165, 1.54) is 12.1 Å². The van der Waals surface area contributed by atoms with E-state index >= 15 is 0 Å². The van der Waals surface area contributed by atoms with Crippen LogP contribution in [0.15, 0.2) is 47.4 Å². The first-order valence-corrected chi connectivity index (χ1v) is 9.16. The van der Waals surface area contributed by atoms with Crippen molar-refractivity contribution in [3.8, 4) is 11.5 Å². The Morgan fingerprint density at radius 3 is 2.50 bits per heavy atom. The van der Waals surface area contributed by atoms with Crippen molar-refractivity contribution in [3.63, 3.8) is 0 Å². The minimum absolute atomic E-state index is 0.0526. The van der Waals surface area contributed by atoms with Crippen LogP contribution >= 0.6 is 0 Å². The highest BCUT2D eigenvalue weighted by molar-refractivity contribution is 7.89. The molecule has 1 unspecified atom stereocenters. The molecule has 0 radical (unpaired) electrons. The lowest BCUT2D eigenvalue weighted by Crippen LogP contribution is -2.45. The van der Waals surface area contributed by atoms with E-state index in [1.807, 2.05) is 0 Å². The molecule has 134 valence electrons. The highest BCUT2D eigenvalue weighted by atomic mass is 32.2. The molecule has 2 aliphatic heterocycles. The van der Waals surface area contributed by atoms with Gasteiger partial charge in [-0.15, -0.1) is 0 Å². The molecule has 2 aromatic carbocycles. The molecule has 0 aliphatic carbocycles. The molecule has 4 rings (SSSR count). The van der Waals surface area contributed by atoms with Crippen LogP contribution in [0.3, 0.4) is 0 Å². The van der Waals surface area contributed by atoms with Crippen LogP contribution in [0, 0.1) is 0 Å². The van der Waals surface area contributed by atoms with Crippen LogP contribution in [-0.4, -0.2) is 38.4 Å². The molecule has 0 bridgehead atoms. The minimum atomic E-state index is -4.06. The summed E-state index contributed by atoms with van der Waals surface area (Å²) in [4.78, 5) is 25.3. The Morgan fingerprint density at radius 1 is 1.15 bits per heavy atom. The predicted molar refractivity (Wildman–Crippen MR) is 90.3 cm³/mol. The number of likely N-dealkylation sites (N-methyl/N-ethyl adjacent to an activating group) is 1. The Balaban J connectivity index is 1.83. The van der Waals surface area contributed by atoms with Crippen molar-refractivity contribution in [2.75, 3.05) is 19.2 Å². The third kappa shape index (κ3) is 2.39. The first-order valence-electron chi connectivity index (χ1n) is 7.72. The summed E-state index contributed by atoms with van der Waals surface area (Å²) in [5.41, 5.74) is 0.578. The summed E-state index contributed by atoms with van der Waals surface area (Å²) >= 11 is 0. The Hall–Kier alpha value is -3.07. The number of rotatable bonds is 2. The highest BCUT2D eigenvalue weighted by Crippen LogP contribution is 2.43. The topological polar surface area (TPSA) is 102 Å². The zero-order valence-electron chi connectivity index (χ0n) is 13.6. The lowest BCUT2D eigenvalue weighted by molar-refractivity contribution is -0.132. The number of para-hydroxylation sites is 1. The lowest BCUT2D eigenvalue weighted by Gasteiger charge is -2.30. The quantitative estimate of drug-likeness (QED) is 0.795. The highest BCUT2D eigenvalue weighted by Gasteiger charge is 2.45. The summed E-state index contributed by atoms with van der Waals surface area (Å²) in [6.07, 6.45) is 0. The summed E-state index contributed by atoms with van der Waals surface area (Å²) in [6, 6.07) is 11.3. The van der Waals surface area contributed by atoms with Gasteiger partial charge in [-0.1, -0.05) is 18.2 Å². The summed E-state index contributed by atoms with van der Waals surface area (Å²) in [5.74, 6) is -2.20. The van der Waals surface area contributed by atoms with Gasteiger partial charge in [-0.3, -0.25) is 9.59 Å². The number of fused-ring (bicyclic) bond motifs is 2. The molecule has 1 N–H and O–H groups in total. The Morgan fingerprint density at radius 2 is 1.81 bits per heavy atom. The van der Waals surface area contributed by atoms with Gasteiger partial charge in [0.2, 0.25) is 12.7 Å². The monoisotopic (exact) mass is 374 g/mol.